The Hall–Kier alpha value is -1.07. The summed E-state index contributed by atoms with van der Waals surface area (Å²) in [6.07, 6.45) is 0.349. The van der Waals surface area contributed by atoms with Crippen LogP contribution in [0.5, 0.6) is 5.75 Å². The molecule has 100 valence electrons. The van der Waals surface area contributed by atoms with Gasteiger partial charge >= 0.3 is 0 Å². The lowest BCUT2D eigenvalue weighted by Crippen LogP contribution is -2.32. The summed E-state index contributed by atoms with van der Waals surface area (Å²) >= 11 is 3.40. The lowest BCUT2D eigenvalue weighted by atomic mass is 10.3. The Morgan fingerprint density at radius 1 is 1.39 bits per heavy atom. The molecular weight excluding hydrogens is 298 g/mol. The first-order valence-electron chi connectivity index (χ1n) is 5.80. The zero-order valence-electron chi connectivity index (χ0n) is 10.4. The number of halogens is 1. The van der Waals surface area contributed by atoms with E-state index in [2.05, 4.69) is 21.2 Å². The maximum Gasteiger partial charge on any atom is 0.223 e. The molecule has 0 radical (unpaired) electrons. The minimum Gasteiger partial charge on any atom is -0.493 e. The number of hydrogen-bond acceptors (Lipinski definition) is 3. The number of benzene rings is 1. The average Bonchev–Trinajstić information content (AvgIpc) is 2.38. The number of amides is 1. The van der Waals surface area contributed by atoms with Crippen LogP contribution in [0, 0.1) is 0 Å². The van der Waals surface area contributed by atoms with Gasteiger partial charge in [0.05, 0.1) is 24.5 Å². The topological polar surface area (TPSA) is 47.6 Å². The smallest absolute Gasteiger partial charge is 0.223 e. The summed E-state index contributed by atoms with van der Waals surface area (Å²) < 4.78 is 10.4. The molecule has 1 rings (SSSR count). The van der Waals surface area contributed by atoms with Crippen molar-refractivity contribution in [1.29, 1.82) is 0 Å². The van der Waals surface area contributed by atoms with Crippen LogP contribution < -0.4 is 10.1 Å². The van der Waals surface area contributed by atoms with Crippen molar-refractivity contribution in [3.63, 3.8) is 0 Å². The van der Waals surface area contributed by atoms with Crippen LogP contribution in [0.1, 0.15) is 6.42 Å². The molecular formula is C13H18BrNO3. The summed E-state index contributed by atoms with van der Waals surface area (Å²) in [5.74, 6) is 0.759. The fourth-order valence-corrected chi connectivity index (χ4v) is 1.76. The molecule has 0 bridgehead atoms. The molecule has 1 unspecified atom stereocenters. The first-order chi connectivity index (χ1) is 8.72. The van der Waals surface area contributed by atoms with Crippen LogP contribution in [-0.2, 0) is 9.53 Å². The van der Waals surface area contributed by atoms with Crippen LogP contribution in [0.2, 0.25) is 0 Å². The van der Waals surface area contributed by atoms with Crippen molar-refractivity contribution in [2.24, 2.45) is 0 Å². The predicted molar refractivity (Wildman–Crippen MR) is 74.2 cm³/mol. The average molecular weight is 316 g/mol. The minimum atomic E-state index is -0.0218. The third kappa shape index (κ3) is 6.61. The van der Waals surface area contributed by atoms with Gasteiger partial charge in [-0.05, 0) is 12.1 Å². The second kappa shape index (κ2) is 8.94. The predicted octanol–water partition coefficient (Wildman–Crippen LogP) is 1.98. The minimum absolute atomic E-state index is 0.0218. The van der Waals surface area contributed by atoms with E-state index >= 15 is 0 Å². The first kappa shape index (κ1) is 15.0. The molecule has 0 saturated heterocycles. The molecule has 18 heavy (non-hydrogen) atoms. The molecule has 1 aromatic carbocycles. The first-order valence-corrected chi connectivity index (χ1v) is 6.71. The van der Waals surface area contributed by atoms with Crippen molar-refractivity contribution in [1.82, 2.24) is 5.32 Å². The highest BCUT2D eigenvalue weighted by Crippen LogP contribution is 2.08. The van der Waals surface area contributed by atoms with Crippen LogP contribution in [0.3, 0.4) is 0 Å². The Morgan fingerprint density at radius 2 is 2.11 bits per heavy atom. The number of ether oxygens (including phenoxy) is 2. The van der Waals surface area contributed by atoms with E-state index < -0.39 is 0 Å². The van der Waals surface area contributed by atoms with E-state index in [1.165, 1.54) is 0 Å². The zero-order valence-corrected chi connectivity index (χ0v) is 12.0. The zero-order chi connectivity index (χ0) is 13.2. The van der Waals surface area contributed by atoms with Gasteiger partial charge in [-0.1, -0.05) is 34.1 Å². The Balaban J connectivity index is 2.10. The summed E-state index contributed by atoms with van der Waals surface area (Å²) in [4.78, 5) is 11.6. The largest absolute Gasteiger partial charge is 0.493 e. The normalized spacial score (nSPS) is 11.9. The van der Waals surface area contributed by atoms with Crippen LogP contribution in [0.4, 0.5) is 0 Å². The fraction of sp³-hybridized carbons (Fsp3) is 0.462. The van der Waals surface area contributed by atoms with Gasteiger partial charge < -0.3 is 14.8 Å². The second-order valence-electron chi connectivity index (χ2n) is 3.77. The summed E-state index contributed by atoms with van der Waals surface area (Å²) in [6.45, 7) is 1.51. The number of carbonyl (C=O) groups excluding carboxylic acids is 1. The maximum absolute atomic E-state index is 11.5. The number of rotatable bonds is 8. The Labute approximate surface area is 116 Å². The van der Waals surface area contributed by atoms with Gasteiger partial charge in [-0.2, -0.15) is 0 Å². The van der Waals surface area contributed by atoms with Crippen molar-refractivity contribution in [3.8, 4) is 5.75 Å². The van der Waals surface area contributed by atoms with Gasteiger partial charge in [0.2, 0.25) is 5.91 Å². The van der Waals surface area contributed by atoms with Crippen LogP contribution in [-0.4, -0.2) is 37.6 Å². The van der Waals surface area contributed by atoms with Gasteiger partial charge in [0.25, 0.3) is 0 Å². The van der Waals surface area contributed by atoms with Gasteiger partial charge in [0.1, 0.15) is 5.75 Å². The van der Waals surface area contributed by atoms with Gasteiger partial charge in [0.15, 0.2) is 0 Å². The number of nitrogens with one attached hydrogen (secondary N) is 1. The summed E-state index contributed by atoms with van der Waals surface area (Å²) in [5.41, 5.74) is 0. The molecule has 1 atom stereocenters. The number of alkyl halides is 1. The number of para-hydroxylation sites is 1. The van der Waals surface area contributed by atoms with Crippen molar-refractivity contribution in [3.05, 3.63) is 30.3 Å². The third-order valence-electron chi connectivity index (χ3n) is 2.21. The maximum atomic E-state index is 11.5. The quantitative estimate of drug-likeness (QED) is 0.746. The molecule has 0 aliphatic carbocycles. The highest BCUT2D eigenvalue weighted by atomic mass is 79.9. The van der Waals surface area contributed by atoms with Crippen molar-refractivity contribution in [2.75, 3.05) is 26.9 Å². The standard InChI is InChI=1S/C13H18BrNO3/c1-17-10-11(14)9-15-13(16)7-8-18-12-5-3-2-4-6-12/h2-6,11H,7-10H2,1H3,(H,15,16). The lowest BCUT2D eigenvalue weighted by Gasteiger charge is -2.10. The summed E-state index contributed by atoms with van der Waals surface area (Å²) in [6, 6.07) is 9.45. The van der Waals surface area contributed by atoms with E-state index in [0.29, 0.717) is 26.2 Å². The molecule has 0 heterocycles. The Kier molecular flexibility index (Phi) is 7.44. The van der Waals surface area contributed by atoms with Crippen LogP contribution in [0.15, 0.2) is 30.3 Å². The molecule has 1 aromatic rings. The van der Waals surface area contributed by atoms with E-state index in [9.17, 15) is 4.79 Å². The van der Waals surface area contributed by atoms with Gasteiger partial charge in [-0.3, -0.25) is 4.79 Å². The molecule has 0 spiro atoms. The second-order valence-corrected chi connectivity index (χ2v) is 5.06. The Bertz CT molecular complexity index is 345. The fourth-order valence-electron chi connectivity index (χ4n) is 1.33. The van der Waals surface area contributed by atoms with Crippen molar-refractivity contribution >= 4 is 21.8 Å². The van der Waals surface area contributed by atoms with Crippen molar-refractivity contribution in [2.45, 2.75) is 11.2 Å². The SMILES string of the molecule is COCC(Br)CNC(=O)CCOc1ccccc1. The summed E-state index contributed by atoms with van der Waals surface area (Å²) in [7, 11) is 1.63. The van der Waals surface area contributed by atoms with Gasteiger partial charge in [0, 0.05) is 13.7 Å². The van der Waals surface area contributed by atoms with Gasteiger partial charge in [-0.25, -0.2) is 0 Å². The number of carbonyl (C=O) groups is 1. The molecule has 1 amide bonds. The molecule has 4 nitrogen and oxygen atoms in total. The van der Waals surface area contributed by atoms with E-state index in [1.807, 2.05) is 30.3 Å². The van der Waals surface area contributed by atoms with E-state index in [-0.39, 0.29) is 10.7 Å². The highest BCUT2D eigenvalue weighted by molar-refractivity contribution is 9.09. The molecule has 0 aromatic heterocycles. The van der Waals surface area contributed by atoms with E-state index in [1.54, 1.807) is 7.11 Å². The lowest BCUT2D eigenvalue weighted by molar-refractivity contribution is -0.121. The summed E-state index contributed by atoms with van der Waals surface area (Å²) in [5, 5.41) is 2.81. The number of hydrogen-bond donors (Lipinski definition) is 1. The molecule has 0 aliphatic rings. The van der Waals surface area contributed by atoms with Crippen LogP contribution >= 0.6 is 15.9 Å². The van der Waals surface area contributed by atoms with Gasteiger partial charge in [-0.15, -0.1) is 0 Å². The van der Waals surface area contributed by atoms with Crippen LogP contribution in [0.25, 0.3) is 0 Å². The molecule has 0 saturated carbocycles. The highest BCUT2D eigenvalue weighted by Gasteiger charge is 2.06. The number of methoxy groups -OCH3 is 1. The monoisotopic (exact) mass is 315 g/mol. The van der Waals surface area contributed by atoms with E-state index in [4.69, 9.17) is 9.47 Å². The van der Waals surface area contributed by atoms with E-state index in [0.717, 1.165) is 5.75 Å². The molecule has 5 heteroatoms. The molecule has 0 fully saturated rings. The third-order valence-corrected chi connectivity index (χ3v) is 2.80. The Morgan fingerprint density at radius 3 is 2.78 bits per heavy atom. The van der Waals surface area contributed by atoms with Crippen molar-refractivity contribution < 1.29 is 14.3 Å². The molecule has 0 aliphatic heterocycles. The molecule has 1 N–H and O–H groups in total.